The lowest BCUT2D eigenvalue weighted by Gasteiger charge is -2.24. The van der Waals surface area contributed by atoms with Gasteiger partial charge in [0.15, 0.2) is 0 Å². The number of anilines is 1. The molecule has 1 aliphatic rings. The highest BCUT2D eigenvalue weighted by molar-refractivity contribution is 6.05. The van der Waals surface area contributed by atoms with Gasteiger partial charge in [-0.05, 0) is 29.8 Å². The average Bonchev–Trinajstić information content (AvgIpc) is 2.66. The van der Waals surface area contributed by atoms with Gasteiger partial charge in [0, 0.05) is 36.2 Å². The van der Waals surface area contributed by atoms with Gasteiger partial charge in [0.2, 0.25) is 0 Å². The summed E-state index contributed by atoms with van der Waals surface area (Å²) in [5.74, 6) is 0.0841. The minimum Gasteiger partial charge on any atom is -0.507 e. The fourth-order valence-corrected chi connectivity index (χ4v) is 3.25. The monoisotopic (exact) mass is 364 g/mol. The number of non-ortho nitro benzene ring substituents is 1. The Kier molecular flexibility index (Phi) is 4.17. The zero-order valence-electron chi connectivity index (χ0n) is 14.2. The molecule has 0 saturated carbocycles. The maximum atomic E-state index is 10.7. The molecule has 136 valence electrons. The predicted molar refractivity (Wildman–Crippen MR) is 101 cm³/mol. The van der Waals surface area contributed by atoms with Gasteiger partial charge in [-0.2, -0.15) is 5.11 Å². The normalized spacial score (nSPS) is 16.3. The van der Waals surface area contributed by atoms with Gasteiger partial charge >= 0.3 is 0 Å². The van der Waals surface area contributed by atoms with Gasteiger partial charge in [-0.1, -0.05) is 12.1 Å². The van der Waals surface area contributed by atoms with Crippen LogP contribution in [0.15, 0.2) is 58.8 Å². The Labute approximate surface area is 153 Å². The molecule has 1 unspecified atom stereocenters. The molecule has 3 aromatic rings. The number of nitrogens with one attached hydrogen (secondary N) is 1. The highest BCUT2D eigenvalue weighted by Crippen LogP contribution is 2.42. The number of β-amino-alcohol motifs (C(OH)–C–C–N with tert-alkyl or cyclic N) is 1. The maximum absolute atomic E-state index is 10.7. The molecule has 0 radical (unpaired) electrons. The highest BCUT2D eigenvalue weighted by atomic mass is 16.6. The average molecular weight is 364 g/mol. The van der Waals surface area contributed by atoms with Crippen LogP contribution in [-0.4, -0.2) is 27.8 Å². The van der Waals surface area contributed by atoms with Crippen LogP contribution in [0.2, 0.25) is 0 Å². The number of benzene rings is 3. The molecule has 0 amide bonds. The van der Waals surface area contributed by atoms with Crippen molar-refractivity contribution < 1.29 is 15.1 Å². The lowest BCUT2D eigenvalue weighted by molar-refractivity contribution is -0.384. The summed E-state index contributed by atoms with van der Waals surface area (Å²) in [6.07, 6.45) is -0.0136. The van der Waals surface area contributed by atoms with Crippen LogP contribution in [0.1, 0.15) is 5.56 Å². The number of nitro groups is 1. The van der Waals surface area contributed by atoms with E-state index in [4.69, 9.17) is 0 Å². The van der Waals surface area contributed by atoms with Crippen LogP contribution in [0.3, 0.4) is 0 Å². The van der Waals surface area contributed by atoms with Crippen LogP contribution in [-0.2, 0) is 6.42 Å². The molecule has 27 heavy (non-hydrogen) atoms. The molecule has 0 aromatic heterocycles. The number of aromatic hydroxyl groups is 1. The zero-order chi connectivity index (χ0) is 19.0. The third-order valence-corrected chi connectivity index (χ3v) is 4.50. The van der Waals surface area contributed by atoms with E-state index in [1.165, 1.54) is 24.3 Å². The summed E-state index contributed by atoms with van der Waals surface area (Å²) in [6, 6.07) is 12.7. The van der Waals surface area contributed by atoms with Crippen molar-refractivity contribution >= 4 is 33.5 Å². The number of rotatable bonds is 3. The Morgan fingerprint density at radius 2 is 1.93 bits per heavy atom. The molecule has 1 aliphatic heterocycles. The second kappa shape index (κ2) is 6.65. The van der Waals surface area contributed by atoms with Gasteiger partial charge in [-0.15, -0.1) is 5.11 Å². The minimum absolute atomic E-state index is 0.0223. The Bertz CT molecular complexity index is 1060. The molecule has 0 aliphatic carbocycles. The summed E-state index contributed by atoms with van der Waals surface area (Å²) in [4.78, 5) is 10.3. The molecule has 0 bridgehead atoms. The number of azo groups is 1. The Morgan fingerprint density at radius 3 is 2.67 bits per heavy atom. The number of aliphatic hydroxyl groups excluding tert-OH is 1. The Morgan fingerprint density at radius 1 is 1.15 bits per heavy atom. The van der Waals surface area contributed by atoms with E-state index >= 15 is 0 Å². The van der Waals surface area contributed by atoms with Crippen molar-refractivity contribution in [1.29, 1.82) is 0 Å². The molecule has 8 heteroatoms. The Balaban J connectivity index is 1.80. The molecule has 0 spiro atoms. The lowest BCUT2D eigenvalue weighted by atomic mass is 9.95. The third kappa shape index (κ3) is 3.18. The third-order valence-electron chi connectivity index (χ3n) is 4.50. The van der Waals surface area contributed by atoms with Crippen molar-refractivity contribution in [2.24, 2.45) is 10.2 Å². The van der Waals surface area contributed by atoms with E-state index in [1.54, 1.807) is 18.2 Å². The molecule has 8 nitrogen and oxygen atoms in total. The number of nitro benzene ring substituents is 1. The molecular formula is C19H16N4O4. The highest BCUT2D eigenvalue weighted by Gasteiger charge is 2.21. The summed E-state index contributed by atoms with van der Waals surface area (Å²) in [5.41, 5.74) is 2.67. The Hall–Kier alpha value is -3.52. The predicted octanol–water partition coefficient (Wildman–Crippen LogP) is 4.20. The molecule has 0 saturated heterocycles. The molecular weight excluding hydrogens is 348 g/mol. The SMILES string of the molecule is O=[N+]([O-])c1ccc(N=Nc2cc3c(c4cccc(O)c24)NCC(O)C3)cc1. The quantitative estimate of drug-likeness (QED) is 0.365. The lowest BCUT2D eigenvalue weighted by Crippen LogP contribution is -2.27. The fraction of sp³-hybridized carbons (Fsp3) is 0.158. The van der Waals surface area contributed by atoms with Crippen LogP contribution in [0, 0.1) is 10.1 Å². The standard InChI is InChI=1S/C19H16N4O4/c24-14-8-11-9-16(22-21-12-4-6-13(7-5-12)23(26)27)18-15(19(11)20-10-14)2-1-3-17(18)25/h1-7,9,14,20,24-25H,8,10H2. The van der Waals surface area contributed by atoms with Gasteiger partial charge in [0.25, 0.3) is 5.69 Å². The van der Waals surface area contributed by atoms with Gasteiger partial charge in [0.05, 0.1) is 27.8 Å². The second-order valence-electron chi connectivity index (χ2n) is 6.34. The van der Waals surface area contributed by atoms with Crippen molar-refractivity contribution in [1.82, 2.24) is 0 Å². The first-order valence-electron chi connectivity index (χ1n) is 8.38. The summed E-state index contributed by atoms with van der Waals surface area (Å²) in [6.45, 7) is 0.446. The first kappa shape index (κ1) is 16.9. The summed E-state index contributed by atoms with van der Waals surface area (Å²) >= 11 is 0. The van der Waals surface area contributed by atoms with E-state index < -0.39 is 11.0 Å². The van der Waals surface area contributed by atoms with E-state index in [1.807, 2.05) is 6.07 Å². The first-order valence-corrected chi connectivity index (χ1v) is 8.38. The van der Waals surface area contributed by atoms with Crippen LogP contribution in [0.25, 0.3) is 10.8 Å². The van der Waals surface area contributed by atoms with Gasteiger partial charge < -0.3 is 15.5 Å². The molecule has 0 fully saturated rings. The fourth-order valence-electron chi connectivity index (χ4n) is 3.25. The number of phenols is 1. The van der Waals surface area contributed by atoms with Gasteiger partial charge in [-0.3, -0.25) is 10.1 Å². The van der Waals surface area contributed by atoms with E-state index in [9.17, 15) is 20.3 Å². The van der Waals surface area contributed by atoms with Gasteiger partial charge in [-0.25, -0.2) is 0 Å². The van der Waals surface area contributed by atoms with Crippen molar-refractivity contribution in [2.45, 2.75) is 12.5 Å². The number of phenolic OH excluding ortho intramolecular Hbond substituents is 1. The van der Waals surface area contributed by atoms with Crippen LogP contribution < -0.4 is 5.32 Å². The summed E-state index contributed by atoms with van der Waals surface area (Å²) < 4.78 is 0. The first-order chi connectivity index (χ1) is 13.0. The topological polar surface area (TPSA) is 120 Å². The van der Waals surface area contributed by atoms with E-state index in [0.717, 1.165) is 16.6 Å². The summed E-state index contributed by atoms with van der Waals surface area (Å²) in [7, 11) is 0. The number of fused-ring (bicyclic) bond motifs is 3. The van der Waals surface area contributed by atoms with E-state index in [0.29, 0.717) is 29.7 Å². The largest absolute Gasteiger partial charge is 0.507 e. The molecule has 1 atom stereocenters. The van der Waals surface area contributed by atoms with E-state index in [-0.39, 0.29) is 11.4 Å². The summed E-state index contributed by atoms with van der Waals surface area (Å²) in [5, 5.41) is 44.0. The van der Waals surface area contributed by atoms with Crippen molar-refractivity contribution in [3.05, 3.63) is 64.2 Å². The van der Waals surface area contributed by atoms with Crippen LogP contribution >= 0.6 is 0 Å². The van der Waals surface area contributed by atoms with Crippen LogP contribution in [0.4, 0.5) is 22.7 Å². The minimum atomic E-state index is -0.494. The number of hydrogen-bond acceptors (Lipinski definition) is 7. The number of nitrogens with zero attached hydrogens (tertiary/aromatic N) is 3. The van der Waals surface area contributed by atoms with Crippen molar-refractivity contribution in [3.8, 4) is 5.75 Å². The second-order valence-corrected chi connectivity index (χ2v) is 6.34. The molecule has 4 rings (SSSR count). The zero-order valence-corrected chi connectivity index (χ0v) is 14.2. The van der Waals surface area contributed by atoms with Crippen molar-refractivity contribution in [3.63, 3.8) is 0 Å². The number of hydrogen-bond donors (Lipinski definition) is 3. The van der Waals surface area contributed by atoms with E-state index in [2.05, 4.69) is 15.5 Å². The molecule has 3 N–H and O–H groups in total. The van der Waals surface area contributed by atoms with Crippen molar-refractivity contribution in [2.75, 3.05) is 11.9 Å². The molecule has 1 heterocycles. The number of aliphatic hydroxyl groups is 1. The molecule has 3 aromatic carbocycles. The van der Waals surface area contributed by atoms with Crippen LogP contribution in [0.5, 0.6) is 5.75 Å². The smallest absolute Gasteiger partial charge is 0.269 e. The van der Waals surface area contributed by atoms with Gasteiger partial charge in [0.1, 0.15) is 5.75 Å². The maximum Gasteiger partial charge on any atom is 0.269 e.